The number of likely N-dealkylation sites (N-methyl/N-ethyl adjacent to an activating group) is 1. The second kappa shape index (κ2) is 12.1. The molecular weight excluding hydrogens is 416 g/mol. The number of amides is 2. The highest BCUT2D eigenvalue weighted by atomic mass is 32.2. The Morgan fingerprint density at radius 1 is 1.16 bits per heavy atom. The first-order valence-electron chi connectivity index (χ1n) is 9.89. The highest BCUT2D eigenvalue weighted by Crippen LogP contribution is 2.15. The maximum atomic E-state index is 12.8. The van der Waals surface area contributed by atoms with E-state index in [9.17, 15) is 19.7 Å². The van der Waals surface area contributed by atoms with Gasteiger partial charge in [0.2, 0.25) is 5.91 Å². The molecule has 0 bridgehead atoms. The average molecular weight is 445 g/mol. The number of anilines is 1. The average Bonchev–Trinajstić information content (AvgIpc) is 2.75. The molecule has 0 aliphatic rings. The molecule has 0 heterocycles. The monoisotopic (exact) mass is 444 g/mol. The van der Waals surface area contributed by atoms with Gasteiger partial charge in [-0.15, -0.1) is 0 Å². The lowest BCUT2D eigenvalue weighted by Gasteiger charge is -2.18. The van der Waals surface area contributed by atoms with Crippen LogP contribution in [0.3, 0.4) is 0 Å². The van der Waals surface area contributed by atoms with Gasteiger partial charge in [-0.3, -0.25) is 19.7 Å². The third-order valence-corrected chi connectivity index (χ3v) is 5.26. The second-order valence-electron chi connectivity index (χ2n) is 7.35. The number of nitrogens with zero attached hydrogens (tertiary/aromatic N) is 2. The van der Waals surface area contributed by atoms with Crippen molar-refractivity contribution in [3.05, 3.63) is 69.8 Å². The van der Waals surface area contributed by atoms with Crippen molar-refractivity contribution >= 4 is 35.0 Å². The van der Waals surface area contributed by atoms with E-state index in [0.717, 1.165) is 13.0 Å². The molecule has 1 unspecified atom stereocenters. The van der Waals surface area contributed by atoms with Gasteiger partial charge in [-0.2, -0.15) is 11.8 Å². The number of thioether (sulfide) groups is 1. The predicted octanol–water partition coefficient (Wildman–Crippen LogP) is 3.19. The van der Waals surface area contributed by atoms with Gasteiger partial charge < -0.3 is 15.5 Å². The lowest BCUT2D eigenvalue weighted by atomic mass is 10.1. The van der Waals surface area contributed by atoms with Crippen molar-refractivity contribution in [2.75, 3.05) is 38.0 Å². The SMILES string of the molecule is CSCCC(NC(=O)c1cccc([N+](=O)[O-])c1)C(=O)Nc1ccc(CCN(C)C)cc1. The molecule has 1 atom stereocenters. The van der Waals surface area contributed by atoms with Gasteiger partial charge in [0, 0.05) is 29.9 Å². The lowest BCUT2D eigenvalue weighted by Crippen LogP contribution is -2.44. The van der Waals surface area contributed by atoms with Crippen LogP contribution in [0, 0.1) is 10.1 Å². The molecule has 9 heteroatoms. The number of nitro benzene ring substituents is 1. The Kier molecular flexibility index (Phi) is 9.48. The van der Waals surface area contributed by atoms with E-state index >= 15 is 0 Å². The van der Waals surface area contributed by atoms with Gasteiger partial charge in [0.25, 0.3) is 11.6 Å². The van der Waals surface area contributed by atoms with E-state index in [0.29, 0.717) is 17.9 Å². The summed E-state index contributed by atoms with van der Waals surface area (Å²) in [5.41, 5.74) is 1.79. The number of non-ortho nitro benzene ring substituents is 1. The summed E-state index contributed by atoms with van der Waals surface area (Å²) < 4.78 is 0. The van der Waals surface area contributed by atoms with Crippen LogP contribution in [0.25, 0.3) is 0 Å². The molecule has 0 radical (unpaired) electrons. The van der Waals surface area contributed by atoms with Crippen LogP contribution in [0.4, 0.5) is 11.4 Å². The molecule has 2 rings (SSSR count). The van der Waals surface area contributed by atoms with Crippen LogP contribution in [-0.4, -0.2) is 60.3 Å². The van der Waals surface area contributed by atoms with Crippen molar-refractivity contribution in [3.8, 4) is 0 Å². The molecule has 0 aliphatic heterocycles. The molecule has 2 amide bonds. The number of hydrogen-bond acceptors (Lipinski definition) is 6. The van der Waals surface area contributed by atoms with E-state index in [1.165, 1.54) is 29.8 Å². The molecule has 0 spiro atoms. The Labute approximate surface area is 186 Å². The largest absolute Gasteiger partial charge is 0.340 e. The number of carbonyl (C=O) groups is 2. The minimum Gasteiger partial charge on any atom is -0.340 e. The number of benzene rings is 2. The molecule has 2 aromatic carbocycles. The van der Waals surface area contributed by atoms with E-state index in [2.05, 4.69) is 15.5 Å². The standard InChI is InChI=1S/C22H28N4O4S/c1-25(2)13-11-16-7-9-18(10-8-16)23-22(28)20(12-14-31-3)24-21(27)17-5-4-6-19(15-17)26(29)30/h4-10,15,20H,11-14H2,1-3H3,(H,23,28)(H,24,27). The quantitative estimate of drug-likeness (QED) is 0.407. The zero-order valence-corrected chi connectivity index (χ0v) is 18.8. The Balaban J connectivity index is 2.05. The van der Waals surface area contributed by atoms with Crippen molar-refractivity contribution in [3.63, 3.8) is 0 Å². The van der Waals surface area contributed by atoms with Gasteiger partial charge in [0.1, 0.15) is 6.04 Å². The maximum Gasteiger partial charge on any atom is 0.270 e. The molecular formula is C22H28N4O4S. The smallest absolute Gasteiger partial charge is 0.270 e. The van der Waals surface area contributed by atoms with Crippen LogP contribution in [0.2, 0.25) is 0 Å². The summed E-state index contributed by atoms with van der Waals surface area (Å²) in [5.74, 6) is -0.172. The van der Waals surface area contributed by atoms with Gasteiger partial charge in [-0.25, -0.2) is 0 Å². The third kappa shape index (κ3) is 8.03. The normalized spacial score (nSPS) is 11.7. The molecule has 8 nitrogen and oxygen atoms in total. The molecule has 0 fully saturated rings. The first-order chi connectivity index (χ1) is 14.8. The molecule has 2 N–H and O–H groups in total. The van der Waals surface area contributed by atoms with Crippen molar-refractivity contribution in [1.82, 2.24) is 10.2 Å². The fourth-order valence-electron chi connectivity index (χ4n) is 2.84. The summed E-state index contributed by atoms with van der Waals surface area (Å²) in [5, 5.41) is 16.5. The van der Waals surface area contributed by atoms with Crippen molar-refractivity contribution in [2.24, 2.45) is 0 Å². The molecule has 0 saturated carbocycles. The van der Waals surface area contributed by atoms with E-state index in [1.807, 2.05) is 44.6 Å². The highest BCUT2D eigenvalue weighted by molar-refractivity contribution is 7.98. The number of carbonyl (C=O) groups excluding carboxylic acids is 2. The van der Waals surface area contributed by atoms with Crippen LogP contribution in [0.15, 0.2) is 48.5 Å². The summed E-state index contributed by atoms with van der Waals surface area (Å²) >= 11 is 1.57. The molecule has 0 aliphatic carbocycles. The fraction of sp³-hybridized carbons (Fsp3) is 0.364. The van der Waals surface area contributed by atoms with Crippen LogP contribution in [0.5, 0.6) is 0 Å². The highest BCUT2D eigenvalue weighted by Gasteiger charge is 2.22. The number of nitrogens with one attached hydrogen (secondary N) is 2. The zero-order valence-electron chi connectivity index (χ0n) is 18.0. The minimum absolute atomic E-state index is 0.140. The zero-order chi connectivity index (χ0) is 22.8. The number of rotatable bonds is 11. The molecule has 2 aromatic rings. The summed E-state index contributed by atoms with van der Waals surface area (Å²) in [7, 11) is 4.04. The Bertz CT molecular complexity index is 903. The van der Waals surface area contributed by atoms with Crippen LogP contribution >= 0.6 is 11.8 Å². The van der Waals surface area contributed by atoms with E-state index in [1.54, 1.807) is 11.8 Å². The van der Waals surface area contributed by atoms with E-state index in [4.69, 9.17) is 0 Å². The minimum atomic E-state index is -0.757. The van der Waals surface area contributed by atoms with Crippen molar-refractivity contribution in [2.45, 2.75) is 18.9 Å². The summed E-state index contributed by atoms with van der Waals surface area (Å²) in [6.45, 7) is 0.937. The Morgan fingerprint density at radius 2 is 1.87 bits per heavy atom. The van der Waals surface area contributed by atoms with E-state index < -0.39 is 16.9 Å². The van der Waals surface area contributed by atoms with Gasteiger partial charge in [-0.1, -0.05) is 18.2 Å². The number of nitro groups is 1. The summed E-state index contributed by atoms with van der Waals surface area (Å²) in [4.78, 5) is 37.9. The van der Waals surface area contributed by atoms with Gasteiger partial charge in [0.05, 0.1) is 4.92 Å². The molecule has 0 saturated heterocycles. The van der Waals surface area contributed by atoms with Gasteiger partial charge in [-0.05, 0) is 62.7 Å². The van der Waals surface area contributed by atoms with Gasteiger partial charge in [0.15, 0.2) is 0 Å². The second-order valence-corrected chi connectivity index (χ2v) is 8.34. The third-order valence-electron chi connectivity index (χ3n) is 4.62. The topological polar surface area (TPSA) is 105 Å². The van der Waals surface area contributed by atoms with E-state index in [-0.39, 0.29) is 17.2 Å². The van der Waals surface area contributed by atoms with Gasteiger partial charge >= 0.3 is 0 Å². The van der Waals surface area contributed by atoms with Crippen LogP contribution in [-0.2, 0) is 11.2 Å². The van der Waals surface area contributed by atoms with Crippen LogP contribution in [0.1, 0.15) is 22.3 Å². The molecule has 0 aromatic heterocycles. The summed E-state index contributed by atoms with van der Waals surface area (Å²) in [6, 6.07) is 12.3. The first kappa shape index (κ1) is 24.4. The number of hydrogen-bond donors (Lipinski definition) is 2. The molecule has 31 heavy (non-hydrogen) atoms. The molecule has 166 valence electrons. The van der Waals surface area contributed by atoms with Crippen molar-refractivity contribution < 1.29 is 14.5 Å². The summed E-state index contributed by atoms with van der Waals surface area (Å²) in [6.07, 6.45) is 3.27. The lowest BCUT2D eigenvalue weighted by molar-refractivity contribution is -0.384. The van der Waals surface area contributed by atoms with Crippen molar-refractivity contribution in [1.29, 1.82) is 0 Å². The Morgan fingerprint density at radius 3 is 2.48 bits per heavy atom. The predicted molar refractivity (Wildman–Crippen MR) is 125 cm³/mol. The first-order valence-corrected chi connectivity index (χ1v) is 11.3. The van der Waals surface area contributed by atoms with Crippen LogP contribution < -0.4 is 10.6 Å². The maximum absolute atomic E-state index is 12.8. The fourth-order valence-corrected chi connectivity index (χ4v) is 3.32. The Hall–Kier alpha value is -2.91.